The topological polar surface area (TPSA) is 50.8 Å². The molecule has 4 nitrogen and oxygen atoms in total. The van der Waals surface area contributed by atoms with Gasteiger partial charge in [0.1, 0.15) is 16.9 Å². The molecule has 0 saturated heterocycles. The van der Waals surface area contributed by atoms with Crippen LogP contribution in [0.5, 0.6) is 17.2 Å². The van der Waals surface area contributed by atoms with E-state index in [4.69, 9.17) is 14.2 Å². The van der Waals surface area contributed by atoms with E-state index in [0.717, 1.165) is 20.4 Å². The van der Waals surface area contributed by atoms with Crippen molar-refractivity contribution in [3.63, 3.8) is 0 Å². The molecular weight excluding hydrogens is 439 g/mol. The van der Waals surface area contributed by atoms with Crippen molar-refractivity contribution < 1.29 is 18.8 Å². The summed E-state index contributed by atoms with van der Waals surface area (Å²) >= 11 is 1.09. The summed E-state index contributed by atoms with van der Waals surface area (Å²) in [6.07, 6.45) is 1.84. The van der Waals surface area contributed by atoms with E-state index < -0.39 is 11.2 Å². The molecule has 0 aliphatic heterocycles. The predicted octanol–water partition coefficient (Wildman–Crippen LogP) is 4.24. The van der Waals surface area contributed by atoms with Crippen molar-refractivity contribution in [2.24, 2.45) is 0 Å². The van der Waals surface area contributed by atoms with Crippen LogP contribution < -0.4 is 14.2 Å². The third kappa shape index (κ3) is 5.06. The lowest BCUT2D eigenvalue weighted by atomic mass is 10.2. The summed E-state index contributed by atoms with van der Waals surface area (Å²) in [5.74, 6) is 2.62. The van der Waals surface area contributed by atoms with Gasteiger partial charge in [-0.15, -0.1) is 0 Å². The molecule has 0 spiro atoms. The van der Waals surface area contributed by atoms with E-state index >= 15 is 0 Å². The molecule has 1 atom stereocenters. The van der Waals surface area contributed by atoms with Gasteiger partial charge in [0.15, 0.2) is 11.5 Å². The largest absolute Gasteiger partial charge is 0.612 e. The predicted molar refractivity (Wildman–Crippen MR) is 106 cm³/mol. The number of halogens is 1. The Balaban J connectivity index is 2.07. The number of hydrogen-bond donors (Lipinski definition) is 0. The zero-order valence-corrected chi connectivity index (χ0v) is 16.7. The molecule has 0 fully saturated rings. The third-order valence-electron chi connectivity index (χ3n) is 3.34. The molecule has 24 heavy (non-hydrogen) atoms. The molecule has 0 bridgehead atoms. The Morgan fingerprint density at radius 2 is 1.75 bits per heavy atom. The van der Waals surface area contributed by atoms with Gasteiger partial charge in [0.05, 0.1) is 24.9 Å². The second-order valence-electron chi connectivity index (χ2n) is 4.91. The molecular formula is C18H19IO4S. The van der Waals surface area contributed by atoms with Crippen LogP contribution in [0.4, 0.5) is 0 Å². The summed E-state index contributed by atoms with van der Waals surface area (Å²) in [5.41, 5.74) is 1.92. The molecule has 0 heterocycles. The summed E-state index contributed by atoms with van der Waals surface area (Å²) in [5, 5.41) is 1.70. The quantitative estimate of drug-likeness (QED) is 0.460. The van der Waals surface area contributed by atoms with Gasteiger partial charge in [-0.2, -0.15) is 0 Å². The highest BCUT2D eigenvalue weighted by Gasteiger charge is 2.10. The van der Waals surface area contributed by atoms with E-state index in [9.17, 15) is 4.55 Å². The smallest absolute Gasteiger partial charge is 0.174 e. The van der Waals surface area contributed by atoms with Crippen molar-refractivity contribution >= 4 is 39.8 Å². The van der Waals surface area contributed by atoms with Crippen LogP contribution in [0.25, 0.3) is 6.08 Å². The number of benzene rings is 2. The van der Waals surface area contributed by atoms with Crippen molar-refractivity contribution in [2.75, 3.05) is 21.3 Å². The Labute approximate surface area is 159 Å². The average Bonchev–Trinajstić information content (AvgIpc) is 2.60. The first-order chi connectivity index (χ1) is 11.6. The van der Waals surface area contributed by atoms with Crippen molar-refractivity contribution in [2.45, 2.75) is 5.75 Å². The molecule has 0 aromatic heterocycles. The van der Waals surface area contributed by atoms with Gasteiger partial charge in [0.25, 0.3) is 0 Å². The number of rotatable bonds is 7. The lowest BCUT2D eigenvalue weighted by molar-refractivity contribution is 0.353. The van der Waals surface area contributed by atoms with E-state index in [2.05, 4.69) is 22.6 Å². The summed E-state index contributed by atoms with van der Waals surface area (Å²) in [6.45, 7) is 0. The average molecular weight is 458 g/mol. The number of methoxy groups -OCH3 is 3. The van der Waals surface area contributed by atoms with Crippen LogP contribution in [0.3, 0.4) is 0 Å². The van der Waals surface area contributed by atoms with E-state index in [1.165, 1.54) is 0 Å². The summed E-state index contributed by atoms with van der Waals surface area (Å²) in [7, 11) is 4.84. The maximum atomic E-state index is 12.2. The molecule has 1 unspecified atom stereocenters. The summed E-state index contributed by atoms with van der Waals surface area (Å²) in [4.78, 5) is 0. The molecule has 128 valence electrons. The van der Waals surface area contributed by atoms with E-state index in [1.807, 2.05) is 42.5 Å². The van der Waals surface area contributed by atoms with E-state index in [-0.39, 0.29) is 0 Å². The minimum Gasteiger partial charge on any atom is -0.612 e. The standard InChI is InChI=1S/C18H19IO4S/c1-21-15-6-4-13(5-7-15)12-24(20)9-8-14-10-16(19)18(23-3)17(11-14)22-2/h4-11H,12H2,1-3H3/b9-8+. The van der Waals surface area contributed by atoms with Crippen LogP contribution in [-0.2, 0) is 16.9 Å². The molecule has 2 aromatic rings. The zero-order chi connectivity index (χ0) is 17.5. The Morgan fingerprint density at radius 3 is 2.33 bits per heavy atom. The first-order valence-corrected chi connectivity index (χ1v) is 9.63. The Bertz CT molecular complexity index is 701. The molecule has 0 radical (unpaired) electrons. The highest BCUT2D eigenvalue weighted by molar-refractivity contribution is 14.1. The van der Waals surface area contributed by atoms with Gasteiger partial charge >= 0.3 is 0 Å². The van der Waals surface area contributed by atoms with Gasteiger partial charge in [-0.25, -0.2) is 0 Å². The summed E-state index contributed by atoms with van der Waals surface area (Å²) in [6, 6.07) is 11.4. The molecule has 2 aromatic carbocycles. The summed E-state index contributed by atoms with van der Waals surface area (Å²) < 4.78 is 28.9. The maximum Gasteiger partial charge on any atom is 0.174 e. The van der Waals surface area contributed by atoms with Gasteiger partial charge in [-0.1, -0.05) is 12.1 Å². The molecule has 0 aliphatic carbocycles. The van der Waals surface area contributed by atoms with Gasteiger partial charge in [-0.3, -0.25) is 0 Å². The first kappa shape index (κ1) is 19.0. The second kappa shape index (κ2) is 9.19. The number of hydrogen-bond acceptors (Lipinski definition) is 4. The first-order valence-electron chi connectivity index (χ1n) is 7.17. The maximum absolute atomic E-state index is 12.2. The number of ether oxygens (including phenoxy) is 3. The van der Waals surface area contributed by atoms with E-state index in [1.54, 1.807) is 26.7 Å². The molecule has 2 rings (SSSR count). The Hall–Kier alpha value is -1.38. The minimum absolute atomic E-state index is 0.463. The van der Waals surface area contributed by atoms with Crippen molar-refractivity contribution in [3.8, 4) is 17.2 Å². The zero-order valence-electron chi connectivity index (χ0n) is 13.7. The highest BCUT2D eigenvalue weighted by atomic mass is 127. The van der Waals surface area contributed by atoms with Crippen molar-refractivity contribution in [3.05, 3.63) is 56.5 Å². The minimum atomic E-state index is -1.10. The fraction of sp³-hybridized carbons (Fsp3) is 0.222. The van der Waals surface area contributed by atoms with Crippen molar-refractivity contribution in [1.82, 2.24) is 0 Å². The molecule has 0 saturated carbocycles. The SMILES string of the molecule is COc1ccc(C[S+]([O-])/C=C/c2cc(I)c(OC)c(OC)c2)cc1. The fourth-order valence-corrected chi connectivity index (χ4v) is 3.89. The van der Waals surface area contributed by atoms with Crippen LogP contribution >= 0.6 is 22.6 Å². The van der Waals surface area contributed by atoms with Crippen LogP contribution in [0, 0.1) is 3.57 Å². The van der Waals surface area contributed by atoms with Gasteiger partial charge in [-0.05, 0) is 69.7 Å². The second-order valence-corrected chi connectivity index (χ2v) is 7.40. The molecule has 0 amide bonds. The normalized spacial score (nSPS) is 12.2. The Morgan fingerprint density at radius 1 is 1.04 bits per heavy atom. The lowest BCUT2D eigenvalue weighted by Crippen LogP contribution is -2.00. The third-order valence-corrected chi connectivity index (χ3v) is 5.19. The van der Waals surface area contributed by atoms with Crippen LogP contribution in [0.15, 0.2) is 41.8 Å². The molecule has 0 aliphatic rings. The van der Waals surface area contributed by atoms with Crippen LogP contribution in [0.1, 0.15) is 11.1 Å². The van der Waals surface area contributed by atoms with Crippen molar-refractivity contribution in [1.29, 1.82) is 0 Å². The molecule has 6 heteroatoms. The molecule has 0 N–H and O–H groups in total. The van der Waals surface area contributed by atoms with Gasteiger partial charge in [0, 0.05) is 5.56 Å². The highest BCUT2D eigenvalue weighted by Crippen LogP contribution is 2.34. The monoisotopic (exact) mass is 458 g/mol. The van der Waals surface area contributed by atoms with Crippen LogP contribution in [0.2, 0.25) is 0 Å². The fourth-order valence-electron chi connectivity index (χ4n) is 2.12. The van der Waals surface area contributed by atoms with Crippen LogP contribution in [-0.4, -0.2) is 25.9 Å². The Kier molecular flexibility index (Phi) is 7.26. The van der Waals surface area contributed by atoms with Gasteiger partial charge < -0.3 is 18.8 Å². The lowest BCUT2D eigenvalue weighted by Gasteiger charge is -2.10. The van der Waals surface area contributed by atoms with E-state index in [0.29, 0.717) is 17.3 Å². The van der Waals surface area contributed by atoms with Gasteiger partial charge in [0.2, 0.25) is 0 Å².